The Bertz CT molecular complexity index is 642. The lowest BCUT2D eigenvalue weighted by molar-refractivity contribution is 0.00639. The Morgan fingerprint density at radius 3 is 2.67 bits per heavy atom. The van der Waals surface area contributed by atoms with Crippen molar-refractivity contribution < 1.29 is 9.53 Å². The van der Waals surface area contributed by atoms with E-state index in [1.165, 1.54) is 0 Å². The van der Waals surface area contributed by atoms with E-state index in [1.807, 2.05) is 20.8 Å². The van der Waals surface area contributed by atoms with Gasteiger partial charge < -0.3 is 9.72 Å². The van der Waals surface area contributed by atoms with Crippen molar-refractivity contribution in [2.24, 2.45) is 0 Å². The van der Waals surface area contributed by atoms with Crippen molar-refractivity contribution in [3.05, 3.63) is 35.5 Å². The summed E-state index contributed by atoms with van der Waals surface area (Å²) in [6.45, 7) is 5.46. The molecule has 1 heterocycles. The third-order valence-electron chi connectivity index (χ3n) is 2.37. The molecule has 0 aliphatic heterocycles. The predicted octanol–water partition coefficient (Wildman–Crippen LogP) is 2.99. The van der Waals surface area contributed by atoms with E-state index in [4.69, 9.17) is 10.00 Å². The van der Waals surface area contributed by atoms with Gasteiger partial charge >= 0.3 is 5.97 Å². The molecule has 0 bridgehead atoms. The van der Waals surface area contributed by atoms with Crippen molar-refractivity contribution >= 4 is 16.9 Å². The van der Waals surface area contributed by atoms with Gasteiger partial charge in [-0.1, -0.05) is 6.07 Å². The molecule has 18 heavy (non-hydrogen) atoms. The quantitative estimate of drug-likeness (QED) is 0.782. The van der Waals surface area contributed by atoms with E-state index in [9.17, 15) is 4.79 Å². The lowest BCUT2D eigenvalue weighted by Gasteiger charge is -2.18. The second-order valence-electron chi connectivity index (χ2n) is 5.10. The Hall–Kier alpha value is -2.28. The number of hydrogen-bond acceptors (Lipinski definition) is 3. The fraction of sp³-hybridized carbons (Fsp3) is 0.286. The molecule has 92 valence electrons. The van der Waals surface area contributed by atoms with Crippen LogP contribution >= 0.6 is 0 Å². The maximum absolute atomic E-state index is 11.9. The smallest absolute Gasteiger partial charge is 0.355 e. The molecule has 0 radical (unpaired) electrons. The minimum Gasteiger partial charge on any atom is -0.455 e. The van der Waals surface area contributed by atoms with Crippen LogP contribution < -0.4 is 0 Å². The number of H-pyrrole nitrogens is 1. The van der Waals surface area contributed by atoms with Crippen molar-refractivity contribution in [1.82, 2.24) is 4.98 Å². The van der Waals surface area contributed by atoms with Gasteiger partial charge in [-0.25, -0.2) is 4.79 Å². The van der Waals surface area contributed by atoms with Crippen LogP contribution in [0, 0.1) is 11.3 Å². The van der Waals surface area contributed by atoms with Crippen LogP contribution in [0.5, 0.6) is 0 Å². The topological polar surface area (TPSA) is 65.9 Å². The number of aromatic amines is 1. The summed E-state index contributed by atoms with van der Waals surface area (Å²) in [5.41, 5.74) is 1.19. The Balaban J connectivity index is 2.36. The summed E-state index contributed by atoms with van der Waals surface area (Å²) < 4.78 is 5.27. The summed E-state index contributed by atoms with van der Waals surface area (Å²) >= 11 is 0. The lowest BCUT2D eigenvalue weighted by Crippen LogP contribution is -2.24. The van der Waals surface area contributed by atoms with E-state index >= 15 is 0 Å². The summed E-state index contributed by atoms with van der Waals surface area (Å²) in [7, 11) is 0. The number of benzene rings is 1. The van der Waals surface area contributed by atoms with E-state index < -0.39 is 11.6 Å². The fourth-order valence-corrected chi connectivity index (χ4v) is 1.64. The number of rotatable bonds is 1. The second kappa shape index (κ2) is 4.19. The van der Waals surface area contributed by atoms with Crippen molar-refractivity contribution in [3.8, 4) is 6.07 Å². The maximum atomic E-state index is 11.9. The van der Waals surface area contributed by atoms with Crippen molar-refractivity contribution in [3.63, 3.8) is 0 Å². The molecular weight excluding hydrogens is 228 g/mol. The first-order chi connectivity index (χ1) is 8.39. The molecule has 0 unspecified atom stereocenters. The summed E-state index contributed by atoms with van der Waals surface area (Å²) in [6.07, 6.45) is 0. The average molecular weight is 242 g/mol. The van der Waals surface area contributed by atoms with Gasteiger partial charge in [0.05, 0.1) is 11.6 Å². The summed E-state index contributed by atoms with van der Waals surface area (Å²) in [5.74, 6) is -0.391. The standard InChI is InChI=1S/C14H14N2O2/c1-14(2,3)18-13(17)12-7-10-5-4-9(8-15)6-11(10)16-12/h4-7,16H,1-3H3. The molecule has 4 heteroatoms. The largest absolute Gasteiger partial charge is 0.455 e. The first kappa shape index (κ1) is 12.2. The van der Waals surface area contributed by atoms with Gasteiger partial charge in [0.2, 0.25) is 0 Å². The zero-order valence-electron chi connectivity index (χ0n) is 10.6. The van der Waals surface area contributed by atoms with Gasteiger partial charge in [0, 0.05) is 10.9 Å². The van der Waals surface area contributed by atoms with Crippen LogP contribution in [0.25, 0.3) is 10.9 Å². The molecular formula is C14H14N2O2. The number of nitrogens with one attached hydrogen (secondary N) is 1. The molecule has 0 aliphatic carbocycles. The van der Waals surface area contributed by atoms with Crippen LogP contribution in [0.15, 0.2) is 24.3 Å². The number of esters is 1. The molecule has 0 aliphatic rings. The monoisotopic (exact) mass is 242 g/mol. The molecule has 4 nitrogen and oxygen atoms in total. The van der Waals surface area contributed by atoms with Crippen LogP contribution in [-0.2, 0) is 4.74 Å². The fourth-order valence-electron chi connectivity index (χ4n) is 1.64. The molecule has 1 N–H and O–H groups in total. The minimum absolute atomic E-state index is 0.391. The molecule has 2 aromatic rings. The van der Waals surface area contributed by atoms with Crippen molar-refractivity contribution in [2.45, 2.75) is 26.4 Å². The highest BCUT2D eigenvalue weighted by Gasteiger charge is 2.19. The number of carbonyl (C=O) groups is 1. The number of ether oxygens (including phenoxy) is 1. The van der Waals surface area contributed by atoms with E-state index in [0.717, 1.165) is 10.9 Å². The molecule has 0 saturated heterocycles. The average Bonchev–Trinajstić information content (AvgIpc) is 2.69. The number of carbonyl (C=O) groups excluding carboxylic acids is 1. The van der Waals surface area contributed by atoms with E-state index in [-0.39, 0.29) is 0 Å². The summed E-state index contributed by atoms with van der Waals surface area (Å²) in [6, 6.07) is 9.02. The minimum atomic E-state index is -0.522. The normalized spacial score (nSPS) is 11.2. The Labute approximate surface area is 105 Å². The number of nitrogens with zero attached hydrogens (tertiary/aromatic N) is 1. The molecule has 0 amide bonds. The van der Waals surface area contributed by atoms with Gasteiger partial charge in [-0.15, -0.1) is 0 Å². The van der Waals surface area contributed by atoms with E-state index in [0.29, 0.717) is 11.3 Å². The Kier molecular flexibility index (Phi) is 2.84. The number of fused-ring (bicyclic) bond motifs is 1. The molecule has 0 saturated carbocycles. The van der Waals surface area contributed by atoms with Gasteiger partial charge in [0.15, 0.2) is 0 Å². The summed E-state index contributed by atoms with van der Waals surface area (Å²) in [4.78, 5) is 14.8. The summed E-state index contributed by atoms with van der Waals surface area (Å²) in [5, 5.41) is 9.69. The van der Waals surface area contributed by atoms with Gasteiger partial charge in [-0.05, 0) is 39.0 Å². The highest BCUT2D eigenvalue weighted by Crippen LogP contribution is 2.19. The van der Waals surface area contributed by atoms with Crippen LogP contribution in [0.4, 0.5) is 0 Å². The van der Waals surface area contributed by atoms with Gasteiger partial charge in [-0.3, -0.25) is 0 Å². The molecule has 2 rings (SSSR count). The predicted molar refractivity (Wildman–Crippen MR) is 68.2 cm³/mol. The van der Waals surface area contributed by atoms with E-state index in [2.05, 4.69) is 11.1 Å². The highest BCUT2D eigenvalue weighted by molar-refractivity contribution is 5.95. The van der Waals surface area contributed by atoms with Crippen LogP contribution in [-0.4, -0.2) is 16.6 Å². The highest BCUT2D eigenvalue weighted by atomic mass is 16.6. The molecule has 0 spiro atoms. The SMILES string of the molecule is CC(C)(C)OC(=O)c1cc2ccc(C#N)cc2[nH]1. The number of hydrogen-bond donors (Lipinski definition) is 1. The van der Waals surface area contributed by atoms with Crippen molar-refractivity contribution in [2.75, 3.05) is 0 Å². The van der Waals surface area contributed by atoms with Crippen molar-refractivity contribution in [1.29, 1.82) is 5.26 Å². The first-order valence-electron chi connectivity index (χ1n) is 5.65. The zero-order valence-corrected chi connectivity index (χ0v) is 10.6. The maximum Gasteiger partial charge on any atom is 0.355 e. The Morgan fingerprint density at radius 2 is 2.06 bits per heavy atom. The zero-order chi connectivity index (χ0) is 13.3. The van der Waals surface area contributed by atoms with Crippen LogP contribution in [0.1, 0.15) is 36.8 Å². The van der Waals surface area contributed by atoms with Gasteiger partial charge in [0.25, 0.3) is 0 Å². The lowest BCUT2D eigenvalue weighted by atomic mass is 10.2. The number of nitriles is 1. The van der Waals surface area contributed by atoms with Gasteiger partial charge in [0.1, 0.15) is 11.3 Å². The third-order valence-corrected chi connectivity index (χ3v) is 2.37. The van der Waals surface area contributed by atoms with Crippen LogP contribution in [0.3, 0.4) is 0 Å². The molecule has 0 fully saturated rings. The van der Waals surface area contributed by atoms with E-state index in [1.54, 1.807) is 24.3 Å². The van der Waals surface area contributed by atoms with Crippen LogP contribution in [0.2, 0.25) is 0 Å². The molecule has 1 aromatic heterocycles. The number of aromatic nitrogens is 1. The first-order valence-corrected chi connectivity index (χ1v) is 5.65. The second-order valence-corrected chi connectivity index (χ2v) is 5.10. The molecule has 0 atom stereocenters. The molecule has 1 aromatic carbocycles. The Morgan fingerprint density at radius 1 is 1.33 bits per heavy atom. The third kappa shape index (κ3) is 2.51. The van der Waals surface area contributed by atoms with Gasteiger partial charge in [-0.2, -0.15) is 5.26 Å².